The number of carbonyl (C=O) groups is 1. The number of carbonyl (C=O) groups excluding carboxylic acids is 1. The summed E-state index contributed by atoms with van der Waals surface area (Å²) in [6.07, 6.45) is 0.734. The fourth-order valence-corrected chi connectivity index (χ4v) is 3.77. The summed E-state index contributed by atoms with van der Waals surface area (Å²) in [5, 5.41) is 8.01. The van der Waals surface area contributed by atoms with Crippen LogP contribution in [0.15, 0.2) is 29.6 Å². The summed E-state index contributed by atoms with van der Waals surface area (Å²) < 4.78 is 31.9. The van der Waals surface area contributed by atoms with E-state index in [1.165, 1.54) is 24.5 Å². The van der Waals surface area contributed by atoms with Crippen molar-refractivity contribution in [3.05, 3.63) is 51.7 Å². The predicted octanol–water partition coefficient (Wildman–Crippen LogP) is 2.91. The third-order valence-corrected chi connectivity index (χ3v) is 5.12. The van der Waals surface area contributed by atoms with Gasteiger partial charge in [0.1, 0.15) is 10.6 Å². The van der Waals surface area contributed by atoms with E-state index in [-0.39, 0.29) is 17.9 Å². The lowest BCUT2D eigenvalue weighted by Crippen LogP contribution is -2.50. The zero-order valence-corrected chi connectivity index (χ0v) is 14.0. The van der Waals surface area contributed by atoms with Crippen molar-refractivity contribution >= 4 is 17.2 Å². The Morgan fingerprint density at radius 1 is 1.33 bits per heavy atom. The topological polar surface area (TPSA) is 50.4 Å². The molecule has 4 nitrogen and oxygen atoms in total. The molecule has 2 heterocycles. The molecule has 2 aromatic rings. The Morgan fingerprint density at radius 2 is 2.17 bits per heavy atom. The van der Waals surface area contributed by atoms with Crippen molar-refractivity contribution in [2.75, 3.05) is 20.2 Å². The monoisotopic (exact) mass is 352 g/mol. The molecule has 0 radical (unpaired) electrons. The first-order valence-corrected chi connectivity index (χ1v) is 8.56. The molecule has 7 heteroatoms. The van der Waals surface area contributed by atoms with E-state index in [2.05, 4.69) is 10.6 Å². The summed E-state index contributed by atoms with van der Waals surface area (Å²) >= 11 is 1.31. The molecule has 0 spiro atoms. The molecular formula is C17H18F2N2O2S. The second-order valence-electron chi connectivity index (χ2n) is 5.67. The van der Waals surface area contributed by atoms with Crippen molar-refractivity contribution in [3.63, 3.8) is 0 Å². The maximum Gasteiger partial charge on any atom is 0.265 e. The average molecular weight is 352 g/mol. The number of methoxy groups -OCH3 is 1. The Morgan fingerprint density at radius 3 is 2.92 bits per heavy atom. The van der Waals surface area contributed by atoms with E-state index in [0.717, 1.165) is 19.0 Å². The molecule has 1 amide bonds. The van der Waals surface area contributed by atoms with Crippen molar-refractivity contribution in [1.82, 2.24) is 10.6 Å². The normalized spacial score (nSPS) is 20.6. The van der Waals surface area contributed by atoms with Crippen LogP contribution in [0.2, 0.25) is 0 Å². The first-order chi connectivity index (χ1) is 11.6. The molecule has 0 aliphatic carbocycles. The summed E-state index contributed by atoms with van der Waals surface area (Å²) in [4.78, 5) is 13.0. The molecule has 2 N–H and O–H groups in total. The summed E-state index contributed by atoms with van der Waals surface area (Å²) in [6.45, 7) is 1.33. The van der Waals surface area contributed by atoms with Crippen molar-refractivity contribution in [2.45, 2.75) is 18.4 Å². The number of rotatable bonds is 4. The molecule has 0 saturated carbocycles. The van der Waals surface area contributed by atoms with Gasteiger partial charge in [0.25, 0.3) is 5.91 Å². The van der Waals surface area contributed by atoms with E-state index in [1.807, 2.05) is 0 Å². The maximum absolute atomic E-state index is 13.6. The van der Waals surface area contributed by atoms with E-state index in [4.69, 9.17) is 4.74 Å². The molecule has 0 bridgehead atoms. The van der Waals surface area contributed by atoms with Crippen LogP contribution in [0.4, 0.5) is 8.78 Å². The van der Waals surface area contributed by atoms with Crippen molar-refractivity contribution in [1.29, 1.82) is 0 Å². The van der Waals surface area contributed by atoms with Gasteiger partial charge in [0.05, 0.1) is 7.11 Å². The number of halogens is 2. The van der Waals surface area contributed by atoms with Gasteiger partial charge in [0.2, 0.25) is 0 Å². The second-order valence-corrected chi connectivity index (χ2v) is 6.59. The summed E-state index contributed by atoms with van der Waals surface area (Å²) in [5.74, 6) is -1.49. The molecule has 1 aliphatic rings. The Bertz CT molecular complexity index is 735. The molecule has 2 unspecified atom stereocenters. The summed E-state index contributed by atoms with van der Waals surface area (Å²) in [7, 11) is 1.52. The number of nitrogens with one attached hydrogen (secondary N) is 2. The van der Waals surface area contributed by atoms with Crippen LogP contribution in [0.25, 0.3) is 0 Å². The van der Waals surface area contributed by atoms with Gasteiger partial charge in [-0.15, -0.1) is 11.3 Å². The predicted molar refractivity (Wildman–Crippen MR) is 88.7 cm³/mol. The number of ether oxygens (including phenoxy) is 1. The number of amides is 1. The smallest absolute Gasteiger partial charge is 0.265 e. The van der Waals surface area contributed by atoms with E-state index >= 15 is 0 Å². The fourth-order valence-electron chi connectivity index (χ4n) is 3.01. The molecule has 24 heavy (non-hydrogen) atoms. The second kappa shape index (κ2) is 7.27. The van der Waals surface area contributed by atoms with Crippen LogP contribution in [-0.2, 0) is 0 Å². The van der Waals surface area contributed by atoms with Crippen LogP contribution in [-0.4, -0.2) is 32.1 Å². The van der Waals surface area contributed by atoms with Crippen molar-refractivity contribution < 1.29 is 18.3 Å². The molecule has 128 valence electrons. The Hall–Kier alpha value is -1.99. The van der Waals surface area contributed by atoms with Crippen molar-refractivity contribution in [3.8, 4) is 5.75 Å². The highest BCUT2D eigenvalue weighted by molar-refractivity contribution is 7.12. The van der Waals surface area contributed by atoms with E-state index in [0.29, 0.717) is 22.7 Å². The molecule has 3 rings (SSSR count). The third-order valence-electron chi connectivity index (χ3n) is 4.23. The first-order valence-electron chi connectivity index (χ1n) is 7.68. The molecule has 1 aromatic heterocycles. The van der Waals surface area contributed by atoms with Crippen LogP contribution >= 0.6 is 11.3 Å². The van der Waals surface area contributed by atoms with Gasteiger partial charge < -0.3 is 15.4 Å². The minimum Gasteiger partial charge on any atom is -0.495 e. The van der Waals surface area contributed by atoms with Crippen LogP contribution in [0.5, 0.6) is 5.75 Å². The fraction of sp³-hybridized carbons (Fsp3) is 0.353. The standard InChI is InChI=1S/C17H18F2N2O2S/c1-23-15-5-7-24-16(15)17(22)21-14-9-20-6-4-11(14)10-2-3-12(18)13(19)8-10/h2-3,5,7-8,11,14,20H,4,6,9H2,1H3,(H,21,22). The van der Waals surface area contributed by atoms with Crippen LogP contribution in [0.3, 0.4) is 0 Å². The molecule has 2 atom stereocenters. The van der Waals surface area contributed by atoms with Crippen LogP contribution in [0, 0.1) is 11.6 Å². The van der Waals surface area contributed by atoms with Crippen molar-refractivity contribution in [2.24, 2.45) is 0 Å². The zero-order chi connectivity index (χ0) is 17.1. The molecule has 1 fully saturated rings. The summed E-state index contributed by atoms with van der Waals surface area (Å²) in [5.41, 5.74) is 0.693. The Kier molecular flexibility index (Phi) is 5.11. The molecule has 1 aliphatic heterocycles. The van der Waals surface area contributed by atoms with Gasteiger partial charge in [0, 0.05) is 18.5 Å². The minimum absolute atomic E-state index is 0.0729. The van der Waals surface area contributed by atoms with Crippen LogP contribution in [0.1, 0.15) is 27.6 Å². The Labute approximate surface area is 142 Å². The molecule has 1 aromatic carbocycles. The minimum atomic E-state index is -0.865. The lowest BCUT2D eigenvalue weighted by atomic mass is 9.86. The number of thiophene rings is 1. The SMILES string of the molecule is COc1ccsc1C(=O)NC1CNCCC1c1ccc(F)c(F)c1. The number of benzene rings is 1. The first kappa shape index (κ1) is 16.9. The lowest BCUT2D eigenvalue weighted by Gasteiger charge is -2.33. The van der Waals surface area contributed by atoms with Crippen LogP contribution < -0.4 is 15.4 Å². The van der Waals surface area contributed by atoms with E-state index < -0.39 is 11.6 Å². The summed E-state index contributed by atoms with van der Waals surface area (Å²) in [6, 6.07) is 5.47. The van der Waals surface area contributed by atoms with E-state index in [1.54, 1.807) is 17.5 Å². The van der Waals surface area contributed by atoms with Gasteiger partial charge in [-0.25, -0.2) is 8.78 Å². The highest BCUT2D eigenvalue weighted by Gasteiger charge is 2.29. The lowest BCUT2D eigenvalue weighted by molar-refractivity contribution is 0.0926. The zero-order valence-electron chi connectivity index (χ0n) is 13.1. The number of piperidine rings is 1. The van der Waals surface area contributed by atoms with E-state index in [9.17, 15) is 13.6 Å². The largest absolute Gasteiger partial charge is 0.495 e. The Balaban J connectivity index is 1.79. The quantitative estimate of drug-likeness (QED) is 0.890. The maximum atomic E-state index is 13.6. The van der Waals surface area contributed by atoms with Gasteiger partial charge in [-0.05, 0) is 42.1 Å². The molecule has 1 saturated heterocycles. The number of hydrogen-bond acceptors (Lipinski definition) is 4. The van der Waals surface area contributed by atoms with Gasteiger partial charge in [-0.1, -0.05) is 6.07 Å². The van der Waals surface area contributed by atoms with Gasteiger partial charge in [0.15, 0.2) is 11.6 Å². The highest BCUT2D eigenvalue weighted by atomic mass is 32.1. The average Bonchev–Trinajstić information content (AvgIpc) is 3.07. The van der Waals surface area contributed by atoms with Gasteiger partial charge >= 0.3 is 0 Å². The number of hydrogen-bond donors (Lipinski definition) is 2. The van der Waals surface area contributed by atoms with Gasteiger partial charge in [-0.2, -0.15) is 0 Å². The molecular weight excluding hydrogens is 334 g/mol. The third kappa shape index (κ3) is 3.42. The highest BCUT2D eigenvalue weighted by Crippen LogP contribution is 2.29. The van der Waals surface area contributed by atoms with Gasteiger partial charge in [-0.3, -0.25) is 4.79 Å².